The van der Waals surface area contributed by atoms with Crippen LogP contribution in [0.3, 0.4) is 0 Å². The fourth-order valence-electron chi connectivity index (χ4n) is 2.62. The maximum Gasteiger partial charge on any atom is 0.311 e. The first kappa shape index (κ1) is 11.9. The monoisotopic (exact) mass is 247 g/mol. The number of carboxylic acid groups (broad SMARTS) is 1. The second-order valence-corrected chi connectivity index (χ2v) is 7.23. The van der Waals surface area contributed by atoms with Gasteiger partial charge in [-0.2, -0.15) is 0 Å². The summed E-state index contributed by atoms with van der Waals surface area (Å²) in [6, 6.07) is -0.514. The number of hydrogen-bond acceptors (Lipinski definition) is 4. The molecule has 92 valence electrons. The van der Waals surface area contributed by atoms with Crippen molar-refractivity contribution >= 4 is 15.8 Å². The summed E-state index contributed by atoms with van der Waals surface area (Å²) < 4.78 is 23.0. The zero-order valence-electron chi connectivity index (χ0n) is 9.05. The van der Waals surface area contributed by atoms with Crippen molar-refractivity contribution < 1.29 is 18.3 Å². The summed E-state index contributed by atoms with van der Waals surface area (Å²) in [6.45, 7) is 0. The summed E-state index contributed by atoms with van der Waals surface area (Å²) in [5.74, 6) is -0.778. The van der Waals surface area contributed by atoms with Crippen molar-refractivity contribution in [2.75, 3.05) is 11.5 Å². The lowest BCUT2D eigenvalue weighted by Gasteiger charge is -2.31. The number of nitrogens with two attached hydrogens (primary N) is 1. The molecule has 0 bridgehead atoms. The Labute approximate surface area is 94.9 Å². The number of hydrogen-bond donors (Lipinski definition) is 2. The van der Waals surface area contributed by atoms with E-state index < -0.39 is 27.3 Å². The number of carbonyl (C=O) groups is 1. The number of rotatable bonds is 3. The highest BCUT2D eigenvalue weighted by Crippen LogP contribution is 2.51. The van der Waals surface area contributed by atoms with Gasteiger partial charge < -0.3 is 10.8 Å². The second kappa shape index (κ2) is 3.70. The van der Waals surface area contributed by atoms with Gasteiger partial charge in [0.25, 0.3) is 0 Å². The van der Waals surface area contributed by atoms with E-state index in [2.05, 4.69) is 0 Å². The number of carboxylic acids is 1. The van der Waals surface area contributed by atoms with Crippen molar-refractivity contribution in [3.05, 3.63) is 0 Å². The van der Waals surface area contributed by atoms with Gasteiger partial charge in [0.15, 0.2) is 9.84 Å². The quantitative estimate of drug-likeness (QED) is 0.731. The molecule has 2 unspecified atom stereocenters. The van der Waals surface area contributed by atoms with E-state index in [-0.39, 0.29) is 17.4 Å². The maximum absolute atomic E-state index is 11.5. The highest BCUT2D eigenvalue weighted by atomic mass is 32.2. The van der Waals surface area contributed by atoms with Crippen LogP contribution in [0.15, 0.2) is 0 Å². The van der Waals surface area contributed by atoms with Gasteiger partial charge in [-0.1, -0.05) is 0 Å². The molecule has 1 aliphatic heterocycles. The zero-order chi connectivity index (χ0) is 12.0. The van der Waals surface area contributed by atoms with E-state index in [4.69, 9.17) is 10.8 Å². The third kappa shape index (κ3) is 1.96. The van der Waals surface area contributed by atoms with Crippen molar-refractivity contribution in [3.63, 3.8) is 0 Å². The minimum atomic E-state index is -3.01. The van der Waals surface area contributed by atoms with Crippen molar-refractivity contribution in [1.29, 1.82) is 0 Å². The normalized spacial score (nSPS) is 32.9. The molecule has 0 spiro atoms. The van der Waals surface area contributed by atoms with Gasteiger partial charge in [-0.3, -0.25) is 4.79 Å². The highest BCUT2D eigenvalue weighted by molar-refractivity contribution is 7.91. The second-order valence-electron chi connectivity index (χ2n) is 5.00. The SMILES string of the molecule is NC(C1CCCS(=O)(=O)C1)C1(C(=O)O)CC1. The van der Waals surface area contributed by atoms with E-state index >= 15 is 0 Å². The van der Waals surface area contributed by atoms with E-state index in [0.717, 1.165) is 6.42 Å². The zero-order valence-corrected chi connectivity index (χ0v) is 9.87. The first-order valence-corrected chi connectivity index (χ1v) is 7.39. The Morgan fingerprint density at radius 3 is 2.50 bits per heavy atom. The van der Waals surface area contributed by atoms with Gasteiger partial charge in [-0.05, 0) is 31.6 Å². The van der Waals surface area contributed by atoms with Crippen LogP contribution in [-0.4, -0.2) is 37.0 Å². The van der Waals surface area contributed by atoms with Gasteiger partial charge in [0.1, 0.15) is 0 Å². The lowest BCUT2D eigenvalue weighted by atomic mass is 9.84. The molecule has 1 saturated heterocycles. The van der Waals surface area contributed by atoms with Crippen molar-refractivity contribution in [2.24, 2.45) is 17.1 Å². The largest absolute Gasteiger partial charge is 0.481 e. The molecule has 0 aromatic rings. The summed E-state index contributed by atoms with van der Waals surface area (Å²) in [4.78, 5) is 11.1. The molecule has 2 rings (SSSR count). The molecule has 6 heteroatoms. The van der Waals surface area contributed by atoms with Gasteiger partial charge in [0, 0.05) is 6.04 Å². The van der Waals surface area contributed by atoms with Crippen molar-refractivity contribution in [3.8, 4) is 0 Å². The molecule has 2 fully saturated rings. The fourth-order valence-corrected chi connectivity index (χ4v) is 4.42. The molecule has 0 amide bonds. The summed E-state index contributed by atoms with van der Waals surface area (Å²) in [5.41, 5.74) is 5.13. The fraction of sp³-hybridized carbons (Fsp3) is 0.900. The van der Waals surface area contributed by atoms with E-state index in [1.807, 2.05) is 0 Å². The van der Waals surface area contributed by atoms with E-state index in [1.165, 1.54) is 0 Å². The highest BCUT2D eigenvalue weighted by Gasteiger charge is 2.57. The Morgan fingerprint density at radius 1 is 1.44 bits per heavy atom. The first-order chi connectivity index (χ1) is 7.37. The molecule has 5 nitrogen and oxygen atoms in total. The summed E-state index contributed by atoms with van der Waals surface area (Å²) in [6.07, 6.45) is 2.51. The van der Waals surface area contributed by atoms with Crippen LogP contribution in [0.4, 0.5) is 0 Å². The molecule has 16 heavy (non-hydrogen) atoms. The molecule has 0 aromatic heterocycles. The molecular weight excluding hydrogens is 230 g/mol. The van der Waals surface area contributed by atoms with E-state index in [0.29, 0.717) is 19.3 Å². The number of aliphatic carboxylic acids is 1. The van der Waals surface area contributed by atoms with Crippen LogP contribution in [0.1, 0.15) is 25.7 Å². The van der Waals surface area contributed by atoms with E-state index in [1.54, 1.807) is 0 Å². The van der Waals surface area contributed by atoms with Crippen molar-refractivity contribution in [1.82, 2.24) is 0 Å². The van der Waals surface area contributed by atoms with Gasteiger partial charge in [0.05, 0.1) is 16.9 Å². The summed E-state index contributed by atoms with van der Waals surface area (Å²) >= 11 is 0. The Balaban J connectivity index is 2.11. The average molecular weight is 247 g/mol. The molecule has 2 aliphatic rings. The Bertz CT molecular complexity index is 399. The standard InChI is InChI=1S/C10H17NO4S/c11-8(10(3-4-10)9(12)13)7-2-1-5-16(14,15)6-7/h7-8H,1-6,11H2,(H,12,13). The Kier molecular flexibility index (Phi) is 2.74. The van der Waals surface area contributed by atoms with Gasteiger partial charge in [-0.15, -0.1) is 0 Å². The minimum Gasteiger partial charge on any atom is -0.481 e. The van der Waals surface area contributed by atoms with E-state index in [9.17, 15) is 13.2 Å². The molecule has 1 heterocycles. The third-order valence-corrected chi connectivity index (χ3v) is 5.71. The lowest BCUT2D eigenvalue weighted by Crippen LogP contribution is -2.47. The predicted octanol–water partition coefficient (Wildman–Crippen LogP) is 0.00330. The van der Waals surface area contributed by atoms with Crippen LogP contribution in [-0.2, 0) is 14.6 Å². The smallest absolute Gasteiger partial charge is 0.311 e. The molecule has 1 saturated carbocycles. The van der Waals surface area contributed by atoms with Gasteiger partial charge >= 0.3 is 5.97 Å². The van der Waals surface area contributed by atoms with Crippen LogP contribution in [0.2, 0.25) is 0 Å². The third-order valence-electron chi connectivity index (χ3n) is 3.86. The molecule has 0 radical (unpaired) electrons. The molecular formula is C10H17NO4S. The molecule has 1 aliphatic carbocycles. The summed E-state index contributed by atoms with van der Waals surface area (Å²) in [7, 11) is -3.01. The minimum absolute atomic E-state index is 0.0587. The molecule has 3 N–H and O–H groups in total. The topological polar surface area (TPSA) is 97.5 Å². The van der Waals surface area contributed by atoms with Crippen LogP contribution >= 0.6 is 0 Å². The Hall–Kier alpha value is -0.620. The summed E-state index contributed by atoms with van der Waals surface area (Å²) in [5, 5.41) is 9.11. The maximum atomic E-state index is 11.5. The van der Waals surface area contributed by atoms with Crippen LogP contribution in [0.5, 0.6) is 0 Å². The number of sulfone groups is 1. The first-order valence-electron chi connectivity index (χ1n) is 5.57. The lowest BCUT2D eigenvalue weighted by molar-refractivity contribution is -0.144. The van der Waals surface area contributed by atoms with Crippen molar-refractivity contribution in [2.45, 2.75) is 31.7 Å². The predicted molar refractivity (Wildman–Crippen MR) is 58.7 cm³/mol. The molecule has 0 aromatic carbocycles. The van der Waals surface area contributed by atoms with Gasteiger partial charge in [-0.25, -0.2) is 8.42 Å². The van der Waals surface area contributed by atoms with Crippen LogP contribution in [0.25, 0.3) is 0 Å². The average Bonchev–Trinajstić information content (AvgIpc) is 2.95. The molecule has 2 atom stereocenters. The van der Waals surface area contributed by atoms with Crippen LogP contribution in [0, 0.1) is 11.3 Å². The van der Waals surface area contributed by atoms with Crippen LogP contribution < -0.4 is 5.73 Å². The Morgan fingerprint density at radius 2 is 2.06 bits per heavy atom. The van der Waals surface area contributed by atoms with Gasteiger partial charge in [0.2, 0.25) is 0 Å².